The van der Waals surface area contributed by atoms with Gasteiger partial charge < -0.3 is 15.4 Å². The van der Waals surface area contributed by atoms with E-state index in [0.29, 0.717) is 32.7 Å². The molecule has 1 aliphatic heterocycles. The molecule has 1 fully saturated rings. The quantitative estimate of drug-likeness (QED) is 0.575. The number of carbonyl (C=O) groups is 1. The van der Waals surface area contributed by atoms with Gasteiger partial charge in [0.1, 0.15) is 0 Å². The first-order chi connectivity index (χ1) is 13.9. The summed E-state index contributed by atoms with van der Waals surface area (Å²) >= 11 is 1.69. The Morgan fingerprint density at radius 3 is 2.52 bits per heavy atom. The van der Waals surface area contributed by atoms with Gasteiger partial charge in [-0.15, -0.1) is 11.3 Å². The number of primary sulfonamides is 1. The summed E-state index contributed by atoms with van der Waals surface area (Å²) in [5.41, 5.74) is 0.919. The molecule has 0 aliphatic carbocycles. The molecule has 0 saturated carbocycles. The number of carbonyl (C=O) groups excluding carboxylic acids is 1. The third-order valence-electron chi connectivity index (χ3n) is 4.77. The minimum atomic E-state index is -3.69. The number of morpholine rings is 1. The molecule has 0 radical (unpaired) electrons. The molecule has 1 aromatic carbocycles. The number of hydrogen-bond donors (Lipinski definition) is 3. The van der Waals surface area contributed by atoms with E-state index in [2.05, 4.69) is 21.6 Å². The Morgan fingerprint density at radius 2 is 1.90 bits per heavy atom. The topological polar surface area (TPSA) is 114 Å². The summed E-state index contributed by atoms with van der Waals surface area (Å²) < 4.78 is 28.0. The predicted molar refractivity (Wildman–Crippen MR) is 112 cm³/mol. The molecule has 4 N–H and O–H groups in total. The molecule has 8 nitrogen and oxygen atoms in total. The molecule has 10 heteroatoms. The molecular weight excluding hydrogens is 412 g/mol. The summed E-state index contributed by atoms with van der Waals surface area (Å²) in [4.78, 5) is 15.9. The van der Waals surface area contributed by atoms with E-state index >= 15 is 0 Å². The van der Waals surface area contributed by atoms with Gasteiger partial charge in [0.15, 0.2) is 0 Å². The van der Waals surface area contributed by atoms with Crippen molar-refractivity contribution < 1.29 is 17.9 Å². The second-order valence-electron chi connectivity index (χ2n) is 6.76. The average molecular weight is 439 g/mol. The van der Waals surface area contributed by atoms with E-state index in [9.17, 15) is 13.2 Å². The van der Waals surface area contributed by atoms with Crippen LogP contribution in [0.1, 0.15) is 16.5 Å². The fourth-order valence-electron chi connectivity index (χ4n) is 3.20. The molecule has 1 aliphatic rings. The monoisotopic (exact) mass is 438 g/mol. The van der Waals surface area contributed by atoms with E-state index in [1.54, 1.807) is 23.5 Å². The van der Waals surface area contributed by atoms with Crippen LogP contribution in [0.5, 0.6) is 0 Å². The minimum Gasteiger partial charge on any atom is -0.379 e. The molecule has 0 spiro atoms. The summed E-state index contributed by atoms with van der Waals surface area (Å²) in [5.74, 6) is 0. The summed E-state index contributed by atoms with van der Waals surface area (Å²) in [6.07, 6.45) is 0.593. The number of nitrogens with two attached hydrogens (primary N) is 1. The Bertz CT molecular complexity index is 879. The van der Waals surface area contributed by atoms with Crippen LogP contribution in [-0.2, 0) is 21.2 Å². The van der Waals surface area contributed by atoms with E-state index in [0.717, 1.165) is 18.7 Å². The molecule has 1 aromatic heterocycles. The fraction of sp³-hybridized carbons (Fsp3) is 0.421. The third kappa shape index (κ3) is 6.51. The number of benzene rings is 1. The van der Waals surface area contributed by atoms with Gasteiger partial charge in [-0.1, -0.05) is 18.2 Å². The molecule has 3 rings (SSSR count). The standard InChI is InChI=1S/C19H26N4O4S2/c20-29(25,26)16-5-3-15(4-6-16)7-8-21-19(24)22-14-17(18-2-1-13-28-18)23-9-11-27-12-10-23/h1-6,13,17H,7-12,14H2,(H2,20,25,26)(H2,21,22,24)/t17-/m0/s1. The van der Waals surface area contributed by atoms with E-state index in [4.69, 9.17) is 9.88 Å². The van der Waals surface area contributed by atoms with Gasteiger partial charge in [0.05, 0.1) is 24.2 Å². The van der Waals surface area contributed by atoms with Crippen molar-refractivity contribution in [2.45, 2.75) is 17.4 Å². The van der Waals surface area contributed by atoms with Crippen molar-refractivity contribution in [3.05, 3.63) is 52.2 Å². The van der Waals surface area contributed by atoms with Crippen LogP contribution in [0.25, 0.3) is 0 Å². The van der Waals surface area contributed by atoms with Crippen molar-refractivity contribution in [1.82, 2.24) is 15.5 Å². The predicted octanol–water partition coefficient (Wildman–Crippen LogP) is 1.31. The van der Waals surface area contributed by atoms with Gasteiger partial charge in [-0.2, -0.15) is 0 Å². The Kier molecular flexibility index (Phi) is 7.62. The summed E-state index contributed by atoms with van der Waals surface area (Å²) in [6, 6.07) is 10.4. The van der Waals surface area contributed by atoms with Gasteiger partial charge in [-0.3, -0.25) is 4.90 Å². The SMILES string of the molecule is NS(=O)(=O)c1ccc(CCNC(=O)NC[C@@H](c2cccs2)N2CCOCC2)cc1. The number of rotatable bonds is 8. The van der Waals surface area contributed by atoms with Crippen molar-refractivity contribution in [1.29, 1.82) is 0 Å². The maximum absolute atomic E-state index is 12.2. The number of hydrogen-bond acceptors (Lipinski definition) is 6. The highest BCUT2D eigenvalue weighted by atomic mass is 32.2. The normalized spacial score (nSPS) is 16.3. The molecule has 2 aromatic rings. The first-order valence-corrected chi connectivity index (χ1v) is 11.8. The van der Waals surface area contributed by atoms with Gasteiger partial charge in [0, 0.05) is 31.1 Å². The van der Waals surface area contributed by atoms with Crippen LogP contribution in [0.3, 0.4) is 0 Å². The summed E-state index contributed by atoms with van der Waals surface area (Å²) in [7, 11) is -3.69. The molecule has 1 saturated heterocycles. The fourth-order valence-corrected chi connectivity index (χ4v) is 4.57. The third-order valence-corrected chi connectivity index (χ3v) is 6.67. The van der Waals surface area contributed by atoms with Gasteiger partial charge in [0.25, 0.3) is 0 Å². The number of nitrogens with zero attached hydrogens (tertiary/aromatic N) is 1. The Labute approximate surface area is 175 Å². The number of ether oxygens (including phenoxy) is 1. The lowest BCUT2D eigenvalue weighted by Gasteiger charge is -2.34. The van der Waals surface area contributed by atoms with Crippen molar-refractivity contribution in [2.24, 2.45) is 5.14 Å². The highest BCUT2D eigenvalue weighted by Crippen LogP contribution is 2.25. The number of sulfonamides is 1. The molecule has 1 atom stereocenters. The van der Waals surface area contributed by atoms with Crippen LogP contribution in [-0.4, -0.2) is 58.7 Å². The molecule has 0 bridgehead atoms. The Hall–Kier alpha value is -1.98. The summed E-state index contributed by atoms with van der Waals surface area (Å²) in [5, 5.41) is 12.9. The zero-order chi connectivity index (χ0) is 20.7. The van der Waals surface area contributed by atoms with E-state index in [-0.39, 0.29) is 17.0 Å². The molecule has 2 amide bonds. The number of thiophene rings is 1. The van der Waals surface area contributed by atoms with Crippen LogP contribution < -0.4 is 15.8 Å². The maximum Gasteiger partial charge on any atom is 0.314 e. The zero-order valence-electron chi connectivity index (χ0n) is 16.0. The number of amides is 2. The lowest BCUT2D eigenvalue weighted by atomic mass is 10.1. The number of urea groups is 1. The van der Waals surface area contributed by atoms with E-state index < -0.39 is 10.0 Å². The second kappa shape index (κ2) is 10.2. The van der Waals surface area contributed by atoms with Crippen LogP contribution in [0.4, 0.5) is 4.79 Å². The van der Waals surface area contributed by atoms with Crippen molar-refractivity contribution in [2.75, 3.05) is 39.4 Å². The Balaban J connectivity index is 1.45. The van der Waals surface area contributed by atoms with Crippen molar-refractivity contribution in [3.8, 4) is 0 Å². The largest absolute Gasteiger partial charge is 0.379 e. The van der Waals surface area contributed by atoms with Crippen LogP contribution in [0.2, 0.25) is 0 Å². The number of nitrogens with one attached hydrogen (secondary N) is 2. The van der Waals surface area contributed by atoms with E-state index in [1.165, 1.54) is 17.0 Å². The highest BCUT2D eigenvalue weighted by molar-refractivity contribution is 7.89. The van der Waals surface area contributed by atoms with Crippen LogP contribution in [0, 0.1) is 0 Å². The van der Waals surface area contributed by atoms with Crippen LogP contribution in [0.15, 0.2) is 46.7 Å². The van der Waals surface area contributed by atoms with Gasteiger partial charge in [-0.05, 0) is 35.6 Å². The Morgan fingerprint density at radius 1 is 1.17 bits per heavy atom. The summed E-state index contributed by atoms with van der Waals surface area (Å²) in [6.45, 7) is 4.08. The smallest absolute Gasteiger partial charge is 0.314 e. The highest BCUT2D eigenvalue weighted by Gasteiger charge is 2.23. The average Bonchev–Trinajstić information content (AvgIpc) is 3.23. The molecule has 2 heterocycles. The van der Waals surface area contributed by atoms with Crippen molar-refractivity contribution >= 4 is 27.4 Å². The molecule has 29 heavy (non-hydrogen) atoms. The van der Waals surface area contributed by atoms with Gasteiger partial charge in [-0.25, -0.2) is 18.4 Å². The minimum absolute atomic E-state index is 0.0784. The van der Waals surface area contributed by atoms with E-state index in [1.807, 2.05) is 11.4 Å². The molecular formula is C19H26N4O4S2. The van der Waals surface area contributed by atoms with Gasteiger partial charge >= 0.3 is 6.03 Å². The first kappa shape index (κ1) is 21.7. The zero-order valence-corrected chi connectivity index (χ0v) is 17.7. The molecule has 0 unspecified atom stereocenters. The molecule has 158 valence electrons. The second-order valence-corrected chi connectivity index (χ2v) is 9.30. The maximum atomic E-state index is 12.2. The lowest BCUT2D eigenvalue weighted by molar-refractivity contribution is 0.0174. The lowest BCUT2D eigenvalue weighted by Crippen LogP contribution is -2.45. The van der Waals surface area contributed by atoms with Gasteiger partial charge in [0.2, 0.25) is 10.0 Å². The van der Waals surface area contributed by atoms with Crippen LogP contribution >= 0.6 is 11.3 Å². The first-order valence-electron chi connectivity index (χ1n) is 9.42. The van der Waals surface area contributed by atoms with Crippen molar-refractivity contribution in [3.63, 3.8) is 0 Å².